The van der Waals surface area contributed by atoms with Crippen LogP contribution in [0.3, 0.4) is 0 Å². The minimum Gasteiger partial charge on any atom is -0.493 e. The first kappa shape index (κ1) is 20.0. The second-order valence-electron chi connectivity index (χ2n) is 6.50. The molecule has 1 atom stereocenters. The molecule has 3 rings (SSSR count). The summed E-state index contributed by atoms with van der Waals surface area (Å²) in [6, 6.07) is 14.3. The van der Waals surface area contributed by atoms with Gasteiger partial charge in [-0.2, -0.15) is 0 Å². The van der Waals surface area contributed by atoms with Gasteiger partial charge in [0.25, 0.3) is 0 Å². The molecule has 1 saturated heterocycles. The quantitative estimate of drug-likeness (QED) is 0.747. The number of morpholine rings is 1. The van der Waals surface area contributed by atoms with Crippen LogP contribution in [0.4, 0.5) is 0 Å². The molecule has 0 aromatic heterocycles. The zero-order valence-corrected chi connectivity index (χ0v) is 16.7. The number of rotatable bonds is 8. The number of ether oxygens (including phenoxy) is 3. The second kappa shape index (κ2) is 9.95. The zero-order chi connectivity index (χ0) is 19.1. The largest absolute Gasteiger partial charge is 0.493 e. The summed E-state index contributed by atoms with van der Waals surface area (Å²) in [5, 5.41) is 4.36. The van der Waals surface area contributed by atoms with Gasteiger partial charge in [0.15, 0.2) is 11.5 Å². The van der Waals surface area contributed by atoms with Crippen LogP contribution < -0.4 is 14.8 Å². The molecule has 0 radical (unpaired) electrons. The van der Waals surface area contributed by atoms with Crippen LogP contribution in [-0.2, 0) is 11.3 Å². The first-order valence-corrected chi connectivity index (χ1v) is 9.58. The van der Waals surface area contributed by atoms with Crippen LogP contribution in [0.5, 0.6) is 11.5 Å². The summed E-state index contributed by atoms with van der Waals surface area (Å²) < 4.78 is 16.4. The van der Waals surface area contributed by atoms with Crippen molar-refractivity contribution in [3.8, 4) is 11.5 Å². The minimum atomic E-state index is 0.219. The molecule has 1 heterocycles. The van der Waals surface area contributed by atoms with Crippen LogP contribution in [0.25, 0.3) is 0 Å². The van der Waals surface area contributed by atoms with Crippen LogP contribution in [0.2, 0.25) is 5.02 Å². The van der Waals surface area contributed by atoms with E-state index in [4.69, 9.17) is 25.8 Å². The average Bonchev–Trinajstić information content (AvgIpc) is 2.72. The Kier molecular flexibility index (Phi) is 7.35. The molecule has 1 N–H and O–H groups in total. The van der Waals surface area contributed by atoms with Gasteiger partial charge in [-0.05, 0) is 29.3 Å². The molecule has 146 valence electrons. The monoisotopic (exact) mass is 390 g/mol. The fourth-order valence-electron chi connectivity index (χ4n) is 3.39. The lowest BCUT2D eigenvalue weighted by Crippen LogP contribution is -2.42. The van der Waals surface area contributed by atoms with Crippen molar-refractivity contribution in [3.63, 3.8) is 0 Å². The third-order valence-electron chi connectivity index (χ3n) is 4.89. The number of hydrogen-bond acceptors (Lipinski definition) is 5. The fraction of sp³-hybridized carbons (Fsp3) is 0.429. The van der Waals surface area contributed by atoms with Gasteiger partial charge in [0, 0.05) is 37.2 Å². The molecule has 0 amide bonds. The normalized spacial score (nSPS) is 16.1. The topological polar surface area (TPSA) is 43.0 Å². The summed E-state index contributed by atoms with van der Waals surface area (Å²) in [6.45, 7) is 4.87. The minimum absolute atomic E-state index is 0.219. The first-order valence-electron chi connectivity index (χ1n) is 9.20. The second-order valence-corrected chi connectivity index (χ2v) is 6.91. The number of nitrogens with one attached hydrogen (secondary N) is 1. The lowest BCUT2D eigenvalue weighted by atomic mass is 10.0. The molecular weight excluding hydrogens is 364 g/mol. The molecule has 0 saturated carbocycles. The van der Waals surface area contributed by atoms with Crippen LogP contribution in [0, 0.1) is 0 Å². The third kappa shape index (κ3) is 5.14. The van der Waals surface area contributed by atoms with Gasteiger partial charge in [0.05, 0.1) is 27.4 Å². The number of halogens is 1. The van der Waals surface area contributed by atoms with Crippen molar-refractivity contribution in [1.82, 2.24) is 10.2 Å². The summed E-state index contributed by atoms with van der Waals surface area (Å²) >= 11 is 6.28. The van der Waals surface area contributed by atoms with E-state index in [1.807, 2.05) is 24.3 Å². The van der Waals surface area contributed by atoms with E-state index in [1.165, 1.54) is 5.56 Å². The highest BCUT2D eigenvalue weighted by molar-refractivity contribution is 6.31. The molecule has 2 aromatic carbocycles. The van der Waals surface area contributed by atoms with Gasteiger partial charge >= 0.3 is 0 Å². The maximum atomic E-state index is 6.28. The van der Waals surface area contributed by atoms with E-state index >= 15 is 0 Å². The molecule has 0 aliphatic carbocycles. The number of methoxy groups -OCH3 is 2. The zero-order valence-electron chi connectivity index (χ0n) is 15.9. The predicted molar refractivity (Wildman–Crippen MR) is 108 cm³/mol. The lowest BCUT2D eigenvalue weighted by Gasteiger charge is -2.35. The SMILES string of the molecule is COc1ccc(C(CNCc2ccccc2Cl)N2CCOCC2)cc1OC. The van der Waals surface area contributed by atoms with E-state index in [-0.39, 0.29) is 6.04 Å². The maximum Gasteiger partial charge on any atom is 0.161 e. The third-order valence-corrected chi connectivity index (χ3v) is 5.26. The molecule has 6 heteroatoms. The Labute approximate surface area is 166 Å². The molecule has 1 unspecified atom stereocenters. The van der Waals surface area contributed by atoms with E-state index in [2.05, 4.69) is 28.4 Å². The van der Waals surface area contributed by atoms with E-state index < -0.39 is 0 Å². The summed E-state index contributed by atoms with van der Waals surface area (Å²) in [5.74, 6) is 1.49. The van der Waals surface area contributed by atoms with E-state index in [9.17, 15) is 0 Å². The number of hydrogen-bond donors (Lipinski definition) is 1. The van der Waals surface area contributed by atoms with Gasteiger partial charge in [0.2, 0.25) is 0 Å². The van der Waals surface area contributed by atoms with Crippen molar-refractivity contribution in [2.24, 2.45) is 0 Å². The molecule has 2 aromatic rings. The Hall–Kier alpha value is -1.79. The van der Waals surface area contributed by atoms with Gasteiger partial charge in [-0.15, -0.1) is 0 Å². The van der Waals surface area contributed by atoms with E-state index in [1.54, 1.807) is 14.2 Å². The Balaban J connectivity index is 1.75. The molecule has 0 bridgehead atoms. The van der Waals surface area contributed by atoms with E-state index in [0.717, 1.165) is 61.5 Å². The summed E-state index contributed by atoms with van der Waals surface area (Å²) in [6.07, 6.45) is 0. The van der Waals surface area contributed by atoms with Crippen molar-refractivity contribution in [2.75, 3.05) is 47.1 Å². The Morgan fingerprint density at radius 3 is 2.52 bits per heavy atom. The van der Waals surface area contributed by atoms with Gasteiger partial charge in [0.1, 0.15) is 0 Å². The molecule has 1 aliphatic heterocycles. The number of benzene rings is 2. The fourth-order valence-corrected chi connectivity index (χ4v) is 3.59. The van der Waals surface area contributed by atoms with Crippen LogP contribution in [0.1, 0.15) is 17.2 Å². The van der Waals surface area contributed by atoms with Gasteiger partial charge < -0.3 is 19.5 Å². The van der Waals surface area contributed by atoms with Crippen molar-refractivity contribution in [3.05, 3.63) is 58.6 Å². The maximum absolute atomic E-state index is 6.28. The smallest absolute Gasteiger partial charge is 0.161 e. The Bertz CT molecular complexity index is 735. The molecule has 1 aliphatic rings. The van der Waals surface area contributed by atoms with Crippen molar-refractivity contribution < 1.29 is 14.2 Å². The lowest BCUT2D eigenvalue weighted by molar-refractivity contribution is 0.0160. The molecule has 27 heavy (non-hydrogen) atoms. The molecular formula is C21H27ClN2O3. The van der Waals surface area contributed by atoms with Crippen molar-refractivity contribution >= 4 is 11.6 Å². The van der Waals surface area contributed by atoms with Crippen LogP contribution in [0.15, 0.2) is 42.5 Å². The highest BCUT2D eigenvalue weighted by Gasteiger charge is 2.23. The summed E-state index contributed by atoms with van der Waals surface area (Å²) in [5.41, 5.74) is 2.30. The summed E-state index contributed by atoms with van der Waals surface area (Å²) in [7, 11) is 3.32. The number of nitrogens with zero attached hydrogens (tertiary/aromatic N) is 1. The molecule has 0 spiro atoms. The summed E-state index contributed by atoms with van der Waals surface area (Å²) in [4.78, 5) is 2.45. The standard InChI is InChI=1S/C21H27ClN2O3/c1-25-20-8-7-16(13-21(20)26-2)19(24-9-11-27-12-10-24)15-23-14-17-5-3-4-6-18(17)22/h3-8,13,19,23H,9-12,14-15H2,1-2H3. The Morgan fingerprint density at radius 2 is 1.81 bits per heavy atom. The highest BCUT2D eigenvalue weighted by Crippen LogP contribution is 2.32. The van der Waals surface area contributed by atoms with Crippen LogP contribution in [-0.4, -0.2) is 52.0 Å². The van der Waals surface area contributed by atoms with Gasteiger partial charge in [-0.1, -0.05) is 35.9 Å². The van der Waals surface area contributed by atoms with E-state index in [0.29, 0.717) is 0 Å². The van der Waals surface area contributed by atoms with Crippen molar-refractivity contribution in [2.45, 2.75) is 12.6 Å². The van der Waals surface area contributed by atoms with Gasteiger partial charge in [-0.25, -0.2) is 0 Å². The average molecular weight is 391 g/mol. The highest BCUT2D eigenvalue weighted by atomic mass is 35.5. The first-order chi connectivity index (χ1) is 13.2. The Morgan fingerprint density at radius 1 is 1.07 bits per heavy atom. The van der Waals surface area contributed by atoms with Gasteiger partial charge in [-0.3, -0.25) is 4.90 Å². The van der Waals surface area contributed by atoms with Crippen molar-refractivity contribution in [1.29, 1.82) is 0 Å². The molecule has 1 fully saturated rings. The molecule has 5 nitrogen and oxygen atoms in total. The van der Waals surface area contributed by atoms with Crippen LogP contribution >= 0.6 is 11.6 Å². The predicted octanol–water partition coefficient (Wildman–Crippen LogP) is 3.52.